The predicted octanol–water partition coefficient (Wildman–Crippen LogP) is 3.58. The van der Waals surface area contributed by atoms with Gasteiger partial charge in [-0.25, -0.2) is 0 Å². The van der Waals surface area contributed by atoms with Gasteiger partial charge in [-0.05, 0) is 49.3 Å². The molecule has 4 nitrogen and oxygen atoms in total. The summed E-state index contributed by atoms with van der Waals surface area (Å²) in [7, 11) is 0. The number of nitrogens with one attached hydrogen (secondary N) is 1. The summed E-state index contributed by atoms with van der Waals surface area (Å²) < 4.78 is 5.76. The van der Waals surface area contributed by atoms with E-state index in [0.29, 0.717) is 17.5 Å². The number of carbonyl (C=O) groups excluding carboxylic acids is 1. The smallest absolute Gasteiger partial charge is 0.249 e. The lowest BCUT2D eigenvalue weighted by molar-refractivity contribution is -0.133. The van der Waals surface area contributed by atoms with Crippen molar-refractivity contribution in [1.82, 2.24) is 5.32 Å². The monoisotopic (exact) mass is 350 g/mol. The second kappa shape index (κ2) is 8.32. The maximum absolute atomic E-state index is 12.7. The minimum atomic E-state index is -0.371. The zero-order chi connectivity index (χ0) is 16.9. The van der Waals surface area contributed by atoms with E-state index in [-0.39, 0.29) is 24.2 Å². The summed E-state index contributed by atoms with van der Waals surface area (Å²) in [5.41, 5.74) is 6.74. The molecule has 3 atom stereocenters. The first-order chi connectivity index (χ1) is 11.7. The molecular formula is C19H27ClN2O2. The van der Waals surface area contributed by atoms with Crippen LogP contribution in [0.1, 0.15) is 56.6 Å². The van der Waals surface area contributed by atoms with Gasteiger partial charge >= 0.3 is 0 Å². The molecule has 1 aromatic carbocycles. The van der Waals surface area contributed by atoms with Gasteiger partial charge in [0.2, 0.25) is 5.91 Å². The molecule has 1 saturated heterocycles. The molecule has 132 valence electrons. The van der Waals surface area contributed by atoms with Crippen LogP contribution in [-0.2, 0) is 9.53 Å². The van der Waals surface area contributed by atoms with Gasteiger partial charge in [0.25, 0.3) is 0 Å². The van der Waals surface area contributed by atoms with Crippen LogP contribution in [0.15, 0.2) is 24.3 Å². The molecule has 1 aliphatic heterocycles. The average molecular weight is 351 g/mol. The fourth-order valence-electron chi connectivity index (χ4n) is 3.96. The highest BCUT2D eigenvalue weighted by atomic mass is 35.5. The maximum Gasteiger partial charge on any atom is 0.249 e. The predicted molar refractivity (Wildman–Crippen MR) is 95.9 cm³/mol. The number of hydrogen-bond acceptors (Lipinski definition) is 3. The van der Waals surface area contributed by atoms with Gasteiger partial charge in [-0.1, -0.05) is 43.0 Å². The third-order valence-electron chi connectivity index (χ3n) is 5.29. The highest BCUT2D eigenvalue weighted by Crippen LogP contribution is 2.35. The Kier molecular flexibility index (Phi) is 6.14. The molecule has 0 spiro atoms. The van der Waals surface area contributed by atoms with Crippen molar-refractivity contribution in [3.05, 3.63) is 34.9 Å². The Hall–Kier alpha value is -1.10. The van der Waals surface area contributed by atoms with Crippen molar-refractivity contribution in [3.8, 4) is 0 Å². The Labute approximate surface area is 149 Å². The molecular weight excluding hydrogens is 324 g/mol. The number of nitrogens with two attached hydrogens (primary N) is 1. The molecule has 0 bridgehead atoms. The van der Waals surface area contributed by atoms with Crippen molar-refractivity contribution >= 4 is 17.5 Å². The SMILES string of the molecule is NC[C@H]1CC[C@@H](C(=O)NC(c2cccc(Cl)c2)C2CCCCC2)O1. The van der Waals surface area contributed by atoms with E-state index in [2.05, 4.69) is 11.4 Å². The fourth-order valence-corrected chi connectivity index (χ4v) is 4.16. The van der Waals surface area contributed by atoms with Gasteiger partial charge < -0.3 is 15.8 Å². The number of benzene rings is 1. The number of ether oxygens (including phenoxy) is 1. The lowest BCUT2D eigenvalue weighted by atomic mass is 9.81. The summed E-state index contributed by atoms with van der Waals surface area (Å²) in [5, 5.41) is 3.96. The van der Waals surface area contributed by atoms with Crippen LogP contribution in [0.3, 0.4) is 0 Å². The summed E-state index contributed by atoms with van der Waals surface area (Å²) >= 11 is 6.18. The molecule has 24 heavy (non-hydrogen) atoms. The number of halogens is 1. The third-order valence-corrected chi connectivity index (χ3v) is 5.52. The van der Waals surface area contributed by atoms with Crippen molar-refractivity contribution in [3.63, 3.8) is 0 Å². The quantitative estimate of drug-likeness (QED) is 0.853. The number of rotatable bonds is 5. The van der Waals surface area contributed by atoms with Crippen LogP contribution < -0.4 is 11.1 Å². The summed E-state index contributed by atoms with van der Waals surface area (Å²) in [6.07, 6.45) is 7.29. The number of carbonyl (C=O) groups is 1. The molecule has 2 aliphatic rings. The molecule has 1 aromatic rings. The standard InChI is InChI=1S/C19H27ClN2O2/c20-15-8-4-7-14(11-15)18(13-5-2-1-3-6-13)22-19(23)17-10-9-16(12-21)24-17/h4,7-8,11,13,16-18H,1-3,5-6,9-10,12,21H2,(H,22,23)/t16-,17+,18?/m1/s1. The molecule has 2 fully saturated rings. The summed E-state index contributed by atoms with van der Waals surface area (Å²) in [4.78, 5) is 12.7. The van der Waals surface area contributed by atoms with E-state index in [0.717, 1.165) is 31.2 Å². The molecule has 1 heterocycles. The molecule has 1 aliphatic carbocycles. The topological polar surface area (TPSA) is 64.4 Å². The Morgan fingerprint density at radius 1 is 1.25 bits per heavy atom. The Balaban J connectivity index is 1.73. The molecule has 0 aromatic heterocycles. The maximum atomic E-state index is 12.7. The van der Waals surface area contributed by atoms with Gasteiger partial charge in [0, 0.05) is 11.6 Å². The molecule has 0 radical (unpaired) electrons. The minimum absolute atomic E-state index is 0.0111. The summed E-state index contributed by atoms with van der Waals surface area (Å²) in [6.45, 7) is 0.476. The van der Waals surface area contributed by atoms with Crippen LogP contribution in [0.5, 0.6) is 0 Å². The largest absolute Gasteiger partial charge is 0.364 e. The highest BCUT2D eigenvalue weighted by Gasteiger charge is 2.33. The third kappa shape index (κ3) is 4.29. The van der Waals surface area contributed by atoms with Gasteiger partial charge in [0.1, 0.15) is 6.10 Å². The average Bonchev–Trinajstić information content (AvgIpc) is 3.09. The first-order valence-electron chi connectivity index (χ1n) is 9.08. The Bertz CT molecular complexity index is 560. The first kappa shape index (κ1) is 17.7. The van der Waals surface area contributed by atoms with Crippen LogP contribution in [-0.4, -0.2) is 24.7 Å². The van der Waals surface area contributed by atoms with Crippen molar-refractivity contribution in [2.24, 2.45) is 11.7 Å². The minimum Gasteiger partial charge on any atom is -0.364 e. The van der Waals surface area contributed by atoms with E-state index in [1.54, 1.807) is 0 Å². The van der Waals surface area contributed by atoms with Gasteiger partial charge in [-0.3, -0.25) is 4.79 Å². The van der Waals surface area contributed by atoms with E-state index >= 15 is 0 Å². The van der Waals surface area contributed by atoms with Crippen LogP contribution >= 0.6 is 11.6 Å². The summed E-state index contributed by atoms with van der Waals surface area (Å²) in [6, 6.07) is 7.87. The van der Waals surface area contributed by atoms with E-state index in [1.165, 1.54) is 19.3 Å². The van der Waals surface area contributed by atoms with Gasteiger partial charge in [-0.2, -0.15) is 0 Å². The molecule has 1 unspecified atom stereocenters. The van der Waals surface area contributed by atoms with Crippen molar-refractivity contribution < 1.29 is 9.53 Å². The van der Waals surface area contributed by atoms with Crippen LogP contribution in [0.4, 0.5) is 0 Å². The Morgan fingerprint density at radius 2 is 2.04 bits per heavy atom. The van der Waals surface area contributed by atoms with Crippen molar-refractivity contribution in [1.29, 1.82) is 0 Å². The molecule has 5 heteroatoms. The second-order valence-corrected chi connectivity index (χ2v) is 7.44. The lowest BCUT2D eigenvalue weighted by Gasteiger charge is -2.32. The zero-order valence-electron chi connectivity index (χ0n) is 14.0. The van der Waals surface area contributed by atoms with Gasteiger partial charge in [-0.15, -0.1) is 0 Å². The van der Waals surface area contributed by atoms with Gasteiger partial charge in [0.15, 0.2) is 0 Å². The second-order valence-electron chi connectivity index (χ2n) is 7.00. The van der Waals surface area contributed by atoms with Gasteiger partial charge in [0.05, 0.1) is 12.1 Å². The van der Waals surface area contributed by atoms with Crippen LogP contribution in [0.2, 0.25) is 5.02 Å². The number of hydrogen-bond donors (Lipinski definition) is 2. The van der Waals surface area contributed by atoms with Crippen molar-refractivity contribution in [2.45, 2.75) is 63.2 Å². The molecule has 3 N–H and O–H groups in total. The number of amides is 1. The zero-order valence-corrected chi connectivity index (χ0v) is 14.8. The van der Waals surface area contributed by atoms with Crippen LogP contribution in [0.25, 0.3) is 0 Å². The Morgan fingerprint density at radius 3 is 2.71 bits per heavy atom. The molecule has 3 rings (SSSR count). The highest BCUT2D eigenvalue weighted by molar-refractivity contribution is 6.30. The van der Waals surface area contributed by atoms with E-state index in [4.69, 9.17) is 22.1 Å². The summed E-state index contributed by atoms with van der Waals surface area (Å²) in [5.74, 6) is 0.453. The fraction of sp³-hybridized carbons (Fsp3) is 0.632. The normalized spacial score (nSPS) is 26.2. The molecule has 1 amide bonds. The first-order valence-corrected chi connectivity index (χ1v) is 9.46. The van der Waals surface area contributed by atoms with Crippen LogP contribution in [0, 0.1) is 5.92 Å². The molecule has 1 saturated carbocycles. The van der Waals surface area contributed by atoms with E-state index in [9.17, 15) is 4.79 Å². The van der Waals surface area contributed by atoms with E-state index in [1.807, 2.05) is 18.2 Å². The van der Waals surface area contributed by atoms with E-state index < -0.39 is 0 Å². The van der Waals surface area contributed by atoms with Crippen molar-refractivity contribution in [2.75, 3.05) is 6.54 Å². The lowest BCUT2D eigenvalue weighted by Crippen LogP contribution is -2.40.